The number of carbonyl (C=O) groups is 1. The minimum atomic E-state index is -1.66. The molecule has 0 amide bonds. The van der Waals surface area contributed by atoms with Gasteiger partial charge in [-0.2, -0.15) is 0 Å². The second-order valence-electron chi connectivity index (χ2n) is 6.72. The Bertz CT molecular complexity index is 872. The van der Waals surface area contributed by atoms with Crippen molar-refractivity contribution >= 4 is 34.9 Å². The van der Waals surface area contributed by atoms with Crippen LogP contribution >= 0.6 is 23.2 Å². The number of hydrogen-bond donors (Lipinski definition) is 1. The first-order valence-corrected chi connectivity index (χ1v) is 9.79. The van der Waals surface area contributed by atoms with Gasteiger partial charge in [0.2, 0.25) is 0 Å². The summed E-state index contributed by atoms with van der Waals surface area (Å²) in [6.07, 6.45) is 0.746. The summed E-state index contributed by atoms with van der Waals surface area (Å²) in [6, 6.07) is 14.5. The molecule has 1 aliphatic rings. The second kappa shape index (κ2) is 8.95. The van der Waals surface area contributed by atoms with Crippen LogP contribution in [0, 0.1) is 0 Å². The Balaban J connectivity index is 1.96. The van der Waals surface area contributed by atoms with Crippen molar-refractivity contribution in [1.82, 2.24) is 0 Å². The van der Waals surface area contributed by atoms with Gasteiger partial charge in [0.1, 0.15) is 6.10 Å². The van der Waals surface area contributed by atoms with E-state index in [0.717, 1.165) is 12.0 Å². The van der Waals surface area contributed by atoms with E-state index in [4.69, 9.17) is 32.8 Å². The first-order valence-electron chi connectivity index (χ1n) is 9.04. The van der Waals surface area contributed by atoms with Crippen LogP contribution in [0.2, 0.25) is 10.0 Å². The lowest BCUT2D eigenvalue weighted by atomic mass is 9.85. The van der Waals surface area contributed by atoms with Gasteiger partial charge in [-0.05, 0) is 29.7 Å². The third-order valence-corrected chi connectivity index (χ3v) is 5.37. The normalized spacial score (nSPS) is 19.8. The van der Waals surface area contributed by atoms with E-state index in [1.54, 1.807) is 18.2 Å². The number of rotatable bonds is 8. The Morgan fingerprint density at radius 3 is 2.64 bits per heavy atom. The van der Waals surface area contributed by atoms with E-state index in [1.165, 1.54) is 0 Å². The maximum absolute atomic E-state index is 12.3. The van der Waals surface area contributed by atoms with Gasteiger partial charge in [-0.3, -0.25) is 0 Å². The summed E-state index contributed by atoms with van der Waals surface area (Å²) in [6.45, 7) is 2.22. The molecule has 148 valence electrons. The molecule has 1 N–H and O–H groups in total. The lowest BCUT2D eigenvalue weighted by Gasteiger charge is -2.31. The van der Waals surface area contributed by atoms with E-state index >= 15 is 0 Å². The lowest BCUT2D eigenvalue weighted by Crippen LogP contribution is -2.46. The fourth-order valence-corrected chi connectivity index (χ4v) is 3.54. The van der Waals surface area contributed by atoms with E-state index in [-0.39, 0.29) is 13.0 Å². The van der Waals surface area contributed by atoms with Gasteiger partial charge in [0.25, 0.3) is 5.60 Å². The largest absolute Gasteiger partial charge is 0.478 e. The molecule has 7 heteroatoms. The van der Waals surface area contributed by atoms with Crippen LogP contribution in [0.1, 0.15) is 43.4 Å². The summed E-state index contributed by atoms with van der Waals surface area (Å²) >= 11 is 12.2. The molecule has 5 nitrogen and oxygen atoms in total. The Morgan fingerprint density at radius 1 is 1.25 bits per heavy atom. The molecule has 0 bridgehead atoms. The number of benzene rings is 2. The second-order valence-corrected chi connectivity index (χ2v) is 7.53. The van der Waals surface area contributed by atoms with Gasteiger partial charge in [-0.1, -0.05) is 78.1 Å². The van der Waals surface area contributed by atoms with Crippen molar-refractivity contribution in [2.75, 3.05) is 0 Å². The lowest BCUT2D eigenvalue weighted by molar-refractivity contribution is -0.187. The van der Waals surface area contributed by atoms with Crippen molar-refractivity contribution < 1.29 is 19.5 Å². The molecule has 28 heavy (non-hydrogen) atoms. The highest BCUT2D eigenvalue weighted by Gasteiger charge is 2.54. The molecule has 0 aliphatic carbocycles. The van der Waals surface area contributed by atoms with Gasteiger partial charge in [0, 0.05) is 6.42 Å². The molecule has 0 saturated carbocycles. The molecule has 2 atom stereocenters. The number of carboxylic acid groups (broad SMARTS) is 1. The van der Waals surface area contributed by atoms with Crippen LogP contribution in [-0.4, -0.2) is 22.4 Å². The Labute approximate surface area is 173 Å². The first-order chi connectivity index (χ1) is 13.5. The fraction of sp³-hybridized carbons (Fsp3) is 0.333. The molecule has 1 aliphatic heterocycles. The van der Waals surface area contributed by atoms with Crippen LogP contribution in [0.25, 0.3) is 0 Å². The molecule has 0 spiro atoms. The minimum Gasteiger partial charge on any atom is -0.478 e. The third-order valence-electron chi connectivity index (χ3n) is 4.63. The SMILES string of the molecule is CCCC1=NOC(C(=O)O)(C(OCc2ccccc2)c2ccc(Cl)c(Cl)c2)C1. The highest BCUT2D eigenvalue weighted by Crippen LogP contribution is 2.42. The summed E-state index contributed by atoms with van der Waals surface area (Å²) in [5.41, 5.74) is 0.538. The van der Waals surface area contributed by atoms with Crippen LogP contribution in [0.3, 0.4) is 0 Å². The zero-order valence-electron chi connectivity index (χ0n) is 15.4. The molecule has 2 aromatic rings. The van der Waals surface area contributed by atoms with E-state index < -0.39 is 17.7 Å². The van der Waals surface area contributed by atoms with Gasteiger partial charge in [-0.25, -0.2) is 4.79 Å². The average molecular weight is 422 g/mol. The average Bonchev–Trinajstić information content (AvgIpc) is 3.11. The smallest absolute Gasteiger partial charge is 0.354 e. The monoisotopic (exact) mass is 421 g/mol. The van der Waals surface area contributed by atoms with Gasteiger partial charge >= 0.3 is 5.97 Å². The molecule has 3 rings (SSSR count). The zero-order valence-corrected chi connectivity index (χ0v) is 16.9. The number of ether oxygens (including phenoxy) is 1. The van der Waals surface area contributed by atoms with Crippen molar-refractivity contribution in [2.24, 2.45) is 5.16 Å². The molecule has 0 aromatic heterocycles. The minimum absolute atomic E-state index is 0.149. The summed E-state index contributed by atoms with van der Waals surface area (Å²) < 4.78 is 6.10. The summed E-state index contributed by atoms with van der Waals surface area (Å²) in [7, 11) is 0. The third kappa shape index (κ3) is 4.32. The number of halogens is 2. The van der Waals surface area contributed by atoms with Crippen LogP contribution in [0.15, 0.2) is 53.7 Å². The molecule has 2 unspecified atom stereocenters. The molecule has 0 radical (unpaired) electrons. The predicted octanol–water partition coefficient (Wildman–Crippen LogP) is 5.65. The van der Waals surface area contributed by atoms with E-state index in [2.05, 4.69) is 5.16 Å². The quantitative estimate of drug-likeness (QED) is 0.597. The van der Waals surface area contributed by atoms with Gasteiger partial charge in [0.15, 0.2) is 0 Å². The number of carboxylic acids is 1. The number of nitrogens with zero attached hydrogens (tertiary/aromatic N) is 1. The molecule has 2 aromatic carbocycles. The molecule has 0 saturated heterocycles. The highest BCUT2D eigenvalue weighted by atomic mass is 35.5. The Hall–Kier alpha value is -2.08. The van der Waals surface area contributed by atoms with E-state index in [0.29, 0.717) is 27.7 Å². The predicted molar refractivity (Wildman–Crippen MR) is 109 cm³/mol. The summed E-state index contributed by atoms with van der Waals surface area (Å²) in [4.78, 5) is 17.8. The molecular formula is C21H21Cl2NO4. The Morgan fingerprint density at radius 2 is 2.00 bits per heavy atom. The maximum Gasteiger partial charge on any atom is 0.354 e. The summed E-state index contributed by atoms with van der Waals surface area (Å²) in [5.74, 6) is -1.13. The van der Waals surface area contributed by atoms with Gasteiger partial charge in [-0.15, -0.1) is 0 Å². The van der Waals surface area contributed by atoms with Crippen LogP contribution in [0.4, 0.5) is 0 Å². The van der Waals surface area contributed by atoms with E-state index in [1.807, 2.05) is 37.3 Å². The topological polar surface area (TPSA) is 68.1 Å². The Kier molecular flexibility index (Phi) is 6.60. The van der Waals surface area contributed by atoms with Gasteiger partial charge < -0.3 is 14.7 Å². The van der Waals surface area contributed by atoms with E-state index in [9.17, 15) is 9.90 Å². The number of aliphatic carboxylic acids is 1. The van der Waals surface area contributed by atoms with Crippen molar-refractivity contribution in [3.8, 4) is 0 Å². The molecular weight excluding hydrogens is 401 g/mol. The van der Waals surface area contributed by atoms with Gasteiger partial charge in [0.05, 0.1) is 22.4 Å². The van der Waals surface area contributed by atoms with Crippen LogP contribution < -0.4 is 0 Å². The van der Waals surface area contributed by atoms with Crippen LogP contribution in [-0.2, 0) is 21.0 Å². The van der Waals surface area contributed by atoms with Crippen LogP contribution in [0.5, 0.6) is 0 Å². The van der Waals surface area contributed by atoms with Crippen molar-refractivity contribution in [3.05, 3.63) is 69.7 Å². The fourth-order valence-electron chi connectivity index (χ4n) is 3.23. The van der Waals surface area contributed by atoms with Crippen molar-refractivity contribution in [2.45, 2.75) is 44.5 Å². The highest BCUT2D eigenvalue weighted by molar-refractivity contribution is 6.42. The van der Waals surface area contributed by atoms with Crippen molar-refractivity contribution in [3.63, 3.8) is 0 Å². The molecule has 0 fully saturated rings. The van der Waals surface area contributed by atoms with Crippen molar-refractivity contribution in [1.29, 1.82) is 0 Å². The number of oxime groups is 1. The number of hydrogen-bond acceptors (Lipinski definition) is 4. The zero-order chi connectivity index (χ0) is 20.1. The maximum atomic E-state index is 12.3. The molecule has 1 heterocycles. The first kappa shape index (κ1) is 20.6. The standard InChI is InChI=1S/C21H21Cl2NO4/c1-2-6-16-12-21(20(25)26,28-24-16)19(15-9-10-17(22)18(23)11-15)27-13-14-7-4-3-5-8-14/h3-5,7-11,19H,2,6,12-13H2,1H3,(H,25,26). The summed E-state index contributed by atoms with van der Waals surface area (Å²) in [5, 5.41) is 14.8.